The summed E-state index contributed by atoms with van der Waals surface area (Å²) in [6.45, 7) is 0.752. The topological polar surface area (TPSA) is 102 Å². The lowest BCUT2D eigenvalue weighted by molar-refractivity contribution is -0.385. The first-order valence-electron chi connectivity index (χ1n) is 9.07. The first-order chi connectivity index (χ1) is 13.9. The summed E-state index contributed by atoms with van der Waals surface area (Å²) >= 11 is 0. The molecule has 0 unspecified atom stereocenters. The lowest BCUT2D eigenvalue weighted by Crippen LogP contribution is -2.46. The van der Waals surface area contributed by atoms with E-state index in [-0.39, 0.29) is 34.5 Å². The number of piperidine rings is 1. The molecule has 0 radical (unpaired) electrons. The van der Waals surface area contributed by atoms with Gasteiger partial charge in [0, 0.05) is 30.8 Å². The van der Waals surface area contributed by atoms with Gasteiger partial charge in [0.15, 0.2) is 5.75 Å². The van der Waals surface area contributed by atoms with Crippen molar-refractivity contribution >= 4 is 17.5 Å². The molecule has 0 aliphatic carbocycles. The quantitative estimate of drug-likeness (QED) is 0.613. The van der Waals surface area contributed by atoms with Crippen molar-refractivity contribution in [1.29, 1.82) is 0 Å². The molecular formula is C20H20FN3O5. The van der Waals surface area contributed by atoms with Gasteiger partial charge in [0.25, 0.3) is 11.8 Å². The van der Waals surface area contributed by atoms with Gasteiger partial charge in [-0.2, -0.15) is 0 Å². The Morgan fingerprint density at radius 1 is 1.21 bits per heavy atom. The summed E-state index contributed by atoms with van der Waals surface area (Å²) in [5.41, 5.74) is -0.103. The largest absolute Gasteiger partial charge is 0.490 e. The van der Waals surface area contributed by atoms with Gasteiger partial charge in [-0.05, 0) is 37.1 Å². The average Bonchev–Trinajstić information content (AvgIpc) is 2.73. The molecule has 8 nitrogen and oxygen atoms in total. The Hall–Kier alpha value is -3.49. The molecule has 29 heavy (non-hydrogen) atoms. The smallest absolute Gasteiger partial charge is 0.311 e. The molecule has 1 saturated heterocycles. The molecule has 1 aliphatic heterocycles. The van der Waals surface area contributed by atoms with Gasteiger partial charge in [-0.15, -0.1) is 0 Å². The third kappa shape index (κ3) is 4.50. The fourth-order valence-electron chi connectivity index (χ4n) is 3.27. The van der Waals surface area contributed by atoms with Crippen molar-refractivity contribution in [3.8, 4) is 5.75 Å². The van der Waals surface area contributed by atoms with Gasteiger partial charge in [0.05, 0.1) is 17.6 Å². The lowest BCUT2D eigenvalue weighted by atomic mass is 10.0. The molecule has 1 fully saturated rings. The van der Waals surface area contributed by atoms with Gasteiger partial charge in [-0.1, -0.05) is 12.1 Å². The van der Waals surface area contributed by atoms with Crippen molar-refractivity contribution in [2.24, 2.45) is 0 Å². The van der Waals surface area contributed by atoms with Crippen LogP contribution in [0, 0.1) is 15.9 Å². The highest BCUT2D eigenvalue weighted by atomic mass is 19.1. The predicted molar refractivity (Wildman–Crippen MR) is 102 cm³/mol. The number of hydrogen-bond donors (Lipinski definition) is 1. The van der Waals surface area contributed by atoms with E-state index < -0.39 is 16.6 Å². The maximum absolute atomic E-state index is 13.8. The first-order valence-corrected chi connectivity index (χ1v) is 9.07. The Morgan fingerprint density at radius 2 is 1.90 bits per heavy atom. The van der Waals surface area contributed by atoms with E-state index in [1.165, 1.54) is 43.5 Å². The number of likely N-dealkylation sites (tertiary alicyclic amines) is 1. The van der Waals surface area contributed by atoms with Crippen molar-refractivity contribution in [1.82, 2.24) is 10.2 Å². The SMILES string of the molecule is COc1ccc(C(=O)NC2CCN(C(=O)c3ccccc3F)CC2)cc1[N+](=O)[O-]. The zero-order valence-corrected chi connectivity index (χ0v) is 15.8. The molecule has 9 heteroatoms. The Labute approximate surface area is 166 Å². The zero-order chi connectivity index (χ0) is 21.0. The van der Waals surface area contributed by atoms with Crippen LogP contribution in [0.3, 0.4) is 0 Å². The van der Waals surface area contributed by atoms with Crippen LogP contribution in [0.25, 0.3) is 0 Å². The van der Waals surface area contributed by atoms with Crippen LogP contribution >= 0.6 is 0 Å². The third-order valence-electron chi connectivity index (χ3n) is 4.86. The fourth-order valence-corrected chi connectivity index (χ4v) is 3.27. The third-order valence-corrected chi connectivity index (χ3v) is 4.86. The lowest BCUT2D eigenvalue weighted by Gasteiger charge is -2.32. The second kappa shape index (κ2) is 8.68. The summed E-state index contributed by atoms with van der Waals surface area (Å²) in [5.74, 6) is -1.30. The molecule has 2 aromatic rings. The van der Waals surface area contributed by atoms with Crippen LogP contribution in [0.2, 0.25) is 0 Å². The van der Waals surface area contributed by atoms with Crippen molar-refractivity contribution in [3.05, 3.63) is 69.5 Å². The van der Waals surface area contributed by atoms with E-state index in [9.17, 15) is 24.1 Å². The van der Waals surface area contributed by atoms with E-state index >= 15 is 0 Å². The number of ether oxygens (including phenoxy) is 1. The number of carbonyl (C=O) groups is 2. The second-order valence-corrected chi connectivity index (χ2v) is 6.66. The minimum absolute atomic E-state index is 0.0283. The van der Waals surface area contributed by atoms with Crippen molar-refractivity contribution in [2.75, 3.05) is 20.2 Å². The van der Waals surface area contributed by atoms with Crippen LogP contribution < -0.4 is 10.1 Å². The Morgan fingerprint density at radius 3 is 2.52 bits per heavy atom. The van der Waals surface area contributed by atoms with Gasteiger partial charge in [-0.25, -0.2) is 4.39 Å². The summed E-state index contributed by atoms with van der Waals surface area (Å²) < 4.78 is 18.7. The number of rotatable bonds is 5. The molecule has 0 atom stereocenters. The second-order valence-electron chi connectivity index (χ2n) is 6.66. The zero-order valence-electron chi connectivity index (χ0n) is 15.8. The van der Waals surface area contributed by atoms with Gasteiger partial charge >= 0.3 is 5.69 Å². The molecule has 0 spiro atoms. The number of nitro groups is 1. The molecule has 152 valence electrons. The molecule has 0 bridgehead atoms. The van der Waals surface area contributed by atoms with Crippen LogP contribution in [0.4, 0.5) is 10.1 Å². The first kappa shape index (κ1) is 20.2. The molecular weight excluding hydrogens is 381 g/mol. The van der Waals surface area contributed by atoms with E-state index in [1.54, 1.807) is 11.0 Å². The van der Waals surface area contributed by atoms with Crippen LogP contribution in [-0.2, 0) is 0 Å². The number of hydrogen-bond acceptors (Lipinski definition) is 5. The Bertz CT molecular complexity index is 941. The van der Waals surface area contributed by atoms with Gasteiger partial charge in [0.1, 0.15) is 5.82 Å². The van der Waals surface area contributed by atoms with Crippen molar-refractivity contribution < 1.29 is 23.6 Å². The summed E-state index contributed by atoms with van der Waals surface area (Å²) in [4.78, 5) is 37.0. The maximum atomic E-state index is 13.8. The molecule has 3 rings (SSSR count). The number of nitrogens with one attached hydrogen (secondary N) is 1. The number of carbonyl (C=O) groups excluding carboxylic acids is 2. The summed E-state index contributed by atoms with van der Waals surface area (Å²) in [5, 5.41) is 14.0. The van der Waals surface area contributed by atoms with E-state index in [2.05, 4.69) is 5.32 Å². The van der Waals surface area contributed by atoms with Gasteiger partial charge in [0.2, 0.25) is 0 Å². The summed E-state index contributed by atoms with van der Waals surface area (Å²) in [7, 11) is 1.32. The highest BCUT2D eigenvalue weighted by molar-refractivity contribution is 5.96. The molecule has 2 aromatic carbocycles. The van der Waals surface area contributed by atoms with E-state index in [0.29, 0.717) is 25.9 Å². The fraction of sp³-hybridized carbons (Fsp3) is 0.300. The molecule has 0 aromatic heterocycles. The molecule has 0 saturated carbocycles. The Kier molecular flexibility index (Phi) is 6.06. The van der Waals surface area contributed by atoms with Crippen molar-refractivity contribution in [3.63, 3.8) is 0 Å². The highest BCUT2D eigenvalue weighted by Crippen LogP contribution is 2.27. The molecule has 1 N–H and O–H groups in total. The number of methoxy groups -OCH3 is 1. The number of amides is 2. The predicted octanol–water partition coefficient (Wildman–Crippen LogP) is 2.78. The average molecular weight is 401 g/mol. The molecule has 2 amide bonds. The van der Waals surface area contributed by atoms with Crippen LogP contribution in [-0.4, -0.2) is 47.9 Å². The van der Waals surface area contributed by atoms with Crippen LogP contribution in [0.5, 0.6) is 5.75 Å². The summed E-state index contributed by atoms with van der Waals surface area (Å²) in [6, 6.07) is 9.64. The number of halogens is 1. The molecule has 1 heterocycles. The Balaban J connectivity index is 1.60. The number of nitro benzene ring substituents is 1. The van der Waals surface area contributed by atoms with Crippen molar-refractivity contribution in [2.45, 2.75) is 18.9 Å². The van der Waals surface area contributed by atoms with Gasteiger partial charge < -0.3 is 15.0 Å². The monoisotopic (exact) mass is 401 g/mol. The minimum Gasteiger partial charge on any atom is -0.490 e. The van der Waals surface area contributed by atoms with Crippen LogP contribution in [0.1, 0.15) is 33.6 Å². The number of nitrogens with zero attached hydrogens (tertiary/aromatic N) is 2. The van der Waals surface area contributed by atoms with Gasteiger partial charge in [-0.3, -0.25) is 19.7 Å². The molecule has 1 aliphatic rings. The highest BCUT2D eigenvalue weighted by Gasteiger charge is 2.27. The minimum atomic E-state index is -0.609. The van der Waals surface area contributed by atoms with Crippen LogP contribution in [0.15, 0.2) is 42.5 Å². The van der Waals surface area contributed by atoms with E-state index in [1.807, 2.05) is 0 Å². The van der Waals surface area contributed by atoms with E-state index in [0.717, 1.165) is 0 Å². The summed E-state index contributed by atoms with van der Waals surface area (Å²) in [6.07, 6.45) is 1.01. The van der Waals surface area contributed by atoms with E-state index in [4.69, 9.17) is 4.74 Å². The number of benzene rings is 2. The standard InChI is InChI=1S/C20H20FN3O5/c1-29-18-7-6-13(12-17(18)24(27)28)19(25)22-14-8-10-23(11-9-14)20(26)15-4-2-3-5-16(15)21/h2-7,12,14H,8-11H2,1H3,(H,22,25). The maximum Gasteiger partial charge on any atom is 0.311 e. The normalized spacial score (nSPS) is 14.3.